The number of hydrogen-bond acceptors (Lipinski definition) is 2. The van der Waals surface area contributed by atoms with Gasteiger partial charge < -0.3 is 15.5 Å². The maximum atomic E-state index is 13.8. The number of nitrogens with zero attached hydrogens (tertiary/aromatic N) is 2. The number of aryl methyl sites for hydroxylation is 1. The van der Waals surface area contributed by atoms with Crippen molar-refractivity contribution in [1.82, 2.24) is 15.5 Å². The zero-order chi connectivity index (χ0) is 17.4. The van der Waals surface area contributed by atoms with Gasteiger partial charge in [-0.1, -0.05) is 22.0 Å². The number of aliphatic imine (C=N–C) groups is 1. The fourth-order valence-electron chi connectivity index (χ4n) is 2.95. The third-order valence-corrected chi connectivity index (χ3v) is 4.76. The van der Waals surface area contributed by atoms with Crippen molar-refractivity contribution < 1.29 is 4.39 Å². The van der Waals surface area contributed by atoms with Crippen LogP contribution in [0.25, 0.3) is 0 Å². The van der Waals surface area contributed by atoms with Crippen LogP contribution < -0.4 is 10.6 Å². The molecule has 1 aliphatic heterocycles. The smallest absolute Gasteiger partial charge is 0.191 e. The van der Waals surface area contributed by atoms with Gasteiger partial charge in [0.2, 0.25) is 0 Å². The molecule has 0 saturated carbocycles. The van der Waals surface area contributed by atoms with Crippen LogP contribution in [0.2, 0.25) is 0 Å². The van der Waals surface area contributed by atoms with E-state index in [-0.39, 0.29) is 5.82 Å². The monoisotopic (exact) mass is 398 g/mol. The number of nitrogens with one attached hydrogen (secondary N) is 2. The Bertz CT molecular complexity index is 550. The standard InChI is InChI=1S/C18H28BrFN4/c1-3-21-18(23-12-14-8-10-24(2)13-14)22-9-4-5-15-6-7-16(19)11-17(15)20/h6-7,11,14H,3-5,8-10,12-13H2,1-2H3,(H2,21,22,23). The predicted octanol–water partition coefficient (Wildman–Crippen LogP) is 3.03. The molecule has 1 saturated heterocycles. The van der Waals surface area contributed by atoms with Crippen LogP contribution in [0.1, 0.15) is 25.3 Å². The van der Waals surface area contributed by atoms with Crippen molar-refractivity contribution in [2.24, 2.45) is 10.9 Å². The lowest BCUT2D eigenvalue weighted by Gasteiger charge is -2.13. The lowest BCUT2D eigenvalue weighted by molar-refractivity contribution is 0.397. The molecule has 1 fully saturated rings. The number of benzene rings is 1. The van der Waals surface area contributed by atoms with E-state index in [0.29, 0.717) is 5.92 Å². The average molecular weight is 399 g/mol. The second-order valence-electron chi connectivity index (χ2n) is 6.40. The van der Waals surface area contributed by atoms with Gasteiger partial charge in [0.05, 0.1) is 0 Å². The first-order chi connectivity index (χ1) is 11.6. The first kappa shape index (κ1) is 19.2. The van der Waals surface area contributed by atoms with Crippen LogP contribution in [0.5, 0.6) is 0 Å². The SMILES string of the molecule is CCNC(=NCC1CCN(C)C1)NCCCc1ccc(Br)cc1F. The molecule has 0 spiro atoms. The van der Waals surface area contributed by atoms with Crippen molar-refractivity contribution in [1.29, 1.82) is 0 Å². The molecule has 4 nitrogen and oxygen atoms in total. The van der Waals surface area contributed by atoms with Gasteiger partial charge in [-0.15, -0.1) is 0 Å². The van der Waals surface area contributed by atoms with Gasteiger partial charge in [0.1, 0.15) is 5.82 Å². The zero-order valence-electron chi connectivity index (χ0n) is 14.6. The fourth-order valence-corrected chi connectivity index (χ4v) is 3.28. The van der Waals surface area contributed by atoms with Crippen LogP contribution in [0.3, 0.4) is 0 Å². The third-order valence-electron chi connectivity index (χ3n) is 4.27. The molecule has 0 aromatic heterocycles. The first-order valence-corrected chi connectivity index (χ1v) is 9.52. The van der Waals surface area contributed by atoms with Crippen molar-refractivity contribution in [2.45, 2.75) is 26.2 Å². The van der Waals surface area contributed by atoms with Gasteiger partial charge in [0.15, 0.2) is 5.96 Å². The maximum Gasteiger partial charge on any atom is 0.191 e. The second kappa shape index (κ2) is 9.99. The summed E-state index contributed by atoms with van der Waals surface area (Å²) in [6.07, 6.45) is 2.82. The minimum absolute atomic E-state index is 0.143. The van der Waals surface area contributed by atoms with E-state index in [2.05, 4.69) is 45.4 Å². The number of guanidine groups is 1. The molecule has 0 radical (unpaired) electrons. The molecule has 134 valence electrons. The van der Waals surface area contributed by atoms with Gasteiger partial charge in [-0.25, -0.2) is 4.39 Å². The van der Waals surface area contributed by atoms with Crippen molar-refractivity contribution >= 4 is 21.9 Å². The Balaban J connectivity index is 1.74. The number of hydrogen-bond donors (Lipinski definition) is 2. The predicted molar refractivity (Wildman–Crippen MR) is 102 cm³/mol. The Kier molecular flexibility index (Phi) is 7.99. The van der Waals surface area contributed by atoms with Crippen molar-refractivity contribution in [3.63, 3.8) is 0 Å². The molecule has 1 aromatic carbocycles. The van der Waals surface area contributed by atoms with E-state index in [4.69, 9.17) is 4.99 Å². The van der Waals surface area contributed by atoms with Gasteiger partial charge in [0.25, 0.3) is 0 Å². The average Bonchev–Trinajstić information content (AvgIpc) is 2.96. The Morgan fingerprint density at radius 3 is 2.92 bits per heavy atom. The summed E-state index contributed by atoms with van der Waals surface area (Å²) in [5, 5.41) is 6.63. The Labute approximate surface area is 153 Å². The van der Waals surface area contributed by atoms with E-state index >= 15 is 0 Å². The number of likely N-dealkylation sites (tertiary alicyclic amines) is 1. The van der Waals surface area contributed by atoms with Crippen LogP contribution in [0.4, 0.5) is 4.39 Å². The van der Waals surface area contributed by atoms with Gasteiger partial charge in [-0.3, -0.25) is 4.99 Å². The highest BCUT2D eigenvalue weighted by Gasteiger charge is 2.18. The van der Waals surface area contributed by atoms with Crippen LogP contribution in [-0.2, 0) is 6.42 Å². The van der Waals surface area contributed by atoms with E-state index < -0.39 is 0 Å². The summed E-state index contributed by atoms with van der Waals surface area (Å²) < 4.78 is 14.6. The Hall–Kier alpha value is -1.14. The topological polar surface area (TPSA) is 39.7 Å². The van der Waals surface area contributed by atoms with E-state index in [1.54, 1.807) is 0 Å². The molecule has 2 rings (SSSR count). The lowest BCUT2D eigenvalue weighted by Crippen LogP contribution is -2.38. The molecule has 1 aromatic rings. The van der Waals surface area contributed by atoms with E-state index in [0.717, 1.165) is 55.0 Å². The van der Waals surface area contributed by atoms with E-state index in [9.17, 15) is 4.39 Å². The van der Waals surface area contributed by atoms with Crippen LogP contribution in [0, 0.1) is 11.7 Å². The summed E-state index contributed by atoms with van der Waals surface area (Å²) in [5.74, 6) is 1.38. The largest absolute Gasteiger partial charge is 0.357 e. The van der Waals surface area contributed by atoms with Crippen molar-refractivity contribution in [3.05, 3.63) is 34.1 Å². The van der Waals surface area contributed by atoms with Gasteiger partial charge in [-0.2, -0.15) is 0 Å². The summed E-state index contributed by atoms with van der Waals surface area (Å²) >= 11 is 3.28. The molecule has 2 N–H and O–H groups in total. The van der Waals surface area contributed by atoms with Gasteiger partial charge in [-0.05, 0) is 63.4 Å². The van der Waals surface area contributed by atoms with Gasteiger partial charge in [0, 0.05) is 30.7 Å². The highest BCUT2D eigenvalue weighted by molar-refractivity contribution is 9.10. The van der Waals surface area contributed by atoms with Crippen molar-refractivity contribution in [2.75, 3.05) is 39.8 Å². The quantitative estimate of drug-likeness (QED) is 0.421. The molecule has 0 amide bonds. The summed E-state index contributed by atoms with van der Waals surface area (Å²) in [6.45, 7) is 6.86. The lowest BCUT2D eigenvalue weighted by atomic mass is 10.1. The minimum Gasteiger partial charge on any atom is -0.357 e. The number of halogens is 2. The van der Waals surface area contributed by atoms with Crippen LogP contribution >= 0.6 is 15.9 Å². The Morgan fingerprint density at radius 2 is 2.25 bits per heavy atom. The molecule has 0 aliphatic carbocycles. The molecule has 1 heterocycles. The summed E-state index contributed by atoms with van der Waals surface area (Å²) in [4.78, 5) is 7.05. The van der Waals surface area contributed by atoms with E-state index in [1.165, 1.54) is 19.0 Å². The number of rotatable bonds is 7. The molecule has 24 heavy (non-hydrogen) atoms. The second-order valence-corrected chi connectivity index (χ2v) is 7.32. The van der Waals surface area contributed by atoms with Crippen LogP contribution in [0.15, 0.2) is 27.7 Å². The zero-order valence-corrected chi connectivity index (χ0v) is 16.2. The molecular weight excluding hydrogens is 371 g/mol. The highest BCUT2D eigenvalue weighted by atomic mass is 79.9. The van der Waals surface area contributed by atoms with Gasteiger partial charge >= 0.3 is 0 Å². The summed E-state index contributed by atoms with van der Waals surface area (Å²) in [5.41, 5.74) is 0.760. The molecule has 1 atom stereocenters. The maximum absolute atomic E-state index is 13.8. The molecule has 1 unspecified atom stereocenters. The highest BCUT2D eigenvalue weighted by Crippen LogP contribution is 2.16. The molecule has 0 bridgehead atoms. The van der Waals surface area contributed by atoms with Crippen LogP contribution in [-0.4, -0.2) is 50.6 Å². The van der Waals surface area contributed by atoms with Crippen molar-refractivity contribution in [3.8, 4) is 0 Å². The summed E-state index contributed by atoms with van der Waals surface area (Å²) in [7, 11) is 2.16. The normalized spacial score (nSPS) is 18.8. The first-order valence-electron chi connectivity index (χ1n) is 8.73. The molecular formula is C18H28BrFN4. The third kappa shape index (κ3) is 6.40. The molecule has 1 aliphatic rings. The fraction of sp³-hybridized carbons (Fsp3) is 0.611. The Morgan fingerprint density at radius 1 is 1.42 bits per heavy atom. The summed E-state index contributed by atoms with van der Waals surface area (Å²) in [6, 6.07) is 5.25. The van der Waals surface area contributed by atoms with E-state index in [1.807, 2.05) is 12.1 Å². The minimum atomic E-state index is -0.143. The molecule has 6 heteroatoms.